The fraction of sp³-hybridized carbons (Fsp3) is 0.400. The van der Waals surface area contributed by atoms with E-state index in [-0.39, 0.29) is 10.6 Å². The molecule has 1 N–H and O–H groups in total. The summed E-state index contributed by atoms with van der Waals surface area (Å²) in [7, 11) is 1.87. The molecule has 6 nitrogen and oxygen atoms in total. The predicted molar refractivity (Wildman–Crippen MR) is 79.9 cm³/mol. The zero-order valence-corrected chi connectivity index (χ0v) is 12.2. The molecule has 110 valence electrons. The van der Waals surface area contributed by atoms with Gasteiger partial charge in [0.25, 0.3) is 5.69 Å². The molecule has 1 aromatic carbocycles. The number of rotatable bonds is 5. The number of benzene rings is 1. The maximum atomic E-state index is 11.1. The number of aryl methyl sites for hydroxylation is 2. The van der Waals surface area contributed by atoms with Crippen LogP contribution in [0.4, 0.5) is 5.69 Å². The van der Waals surface area contributed by atoms with Gasteiger partial charge in [0.1, 0.15) is 0 Å². The minimum Gasteiger partial charge on any atom is -0.310 e. The van der Waals surface area contributed by atoms with Crippen LogP contribution in [0.3, 0.4) is 0 Å². The fourth-order valence-corrected chi connectivity index (χ4v) is 2.41. The first-order valence-electron chi connectivity index (χ1n) is 7.06. The van der Waals surface area contributed by atoms with Gasteiger partial charge in [0.2, 0.25) is 0 Å². The van der Waals surface area contributed by atoms with E-state index < -0.39 is 0 Å². The van der Waals surface area contributed by atoms with E-state index in [1.54, 1.807) is 23.7 Å². The molecule has 1 aliphatic rings. The van der Waals surface area contributed by atoms with Crippen molar-refractivity contribution in [1.29, 1.82) is 0 Å². The molecule has 0 spiro atoms. The lowest BCUT2D eigenvalue weighted by Crippen LogP contribution is -2.15. The third kappa shape index (κ3) is 2.95. The Balaban J connectivity index is 1.95. The van der Waals surface area contributed by atoms with E-state index in [1.165, 1.54) is 12.8 Å². The molecule has 0 bridgehead atoms. The Morgan fingerprint density at radius 1 is 1.48 bits per heavy atom. The second-order valence-corrected chi connectivity index (χ2v) is 5.59. The van der Waals surface area contributed by atoms with Crippen molar-refractivity contribution in [2.24, 2.45) is 7.05 Å². The van der Waals surface area contributed by atoms with Gasteiger partial charge in [0, 0.05) is 48.6 Å². The molecule has 0 aliphatic heterocycles. The van der Waals surface area contributed by atoms with Gasteiger partial charge < -0.3 is 5.32 Å². The van der Waals surface area contributed by atoms with Crippen LogP contribution < -0.4 is 5.32 Å². The molecule has 0 radical (unpaired) electrons. The Labute approximate surface area is 122 Å². The van der Waals surface area contributed by atoms with Crippen LogP contribution in [0.5, 0.6) is 0 Å². The summed E-state index contributed by atoms with van der Waals surface area (Å²) in [5, 5.41) is 19.0. The minimum atomic E-state index is -0.343. The largest absolute Gasteiger partial charge is 0.310 e. The molecule has 1 fully saturated rings. The monoisotopic (exact) mass is 286 g/mol. The highest BCUT2D eigenvalue weighted by atomic mass is 16.6. The molecule has 0 atom stereocenters. The van der Waals surface area contributed by atoms with Crippen molar-refractivity contribution in [3.63, 3.8) is 0 Å². The van der Waals surface area contributed by atoms with Crippen LogP contribution in [0.1, 0.15) is 24.0 Å². The first kappa shape index (κ1) is 13.8. The van der Waals surface area contributed by atoms with Crippen LogP contribution >= 0.6 is 0 Å². The van der Waals surface area contributed by atoms with E-state index >= 15 is 0 Å². The van der Waals surface area contributed by atoms with Crippen LogP contribution in [0, 0.1) is 17.0 Å². The van der Waals surface area contributed by atoms with Crippen molar-refractivity contribution in [2.75, 3.05) is 0 Å². The van der Waals surface area contributed by atoms with Crippen LogP contribution in [0.15, 0.2) is 24.4 Å². The van der Waals surface area contributed by atoms with Gasteiger partial charge in [0.15, 0.2) is 0 Å². The Morgan fingerprint density at radius 3 is 2.90 bits per heavy atom. The molecular formula is C15H18N4O2. The van der Waals surface area contributed by atoms with Gasteiger partial charge in [-0.05, 0) is 19.8 Å². The third-order valence-electron chi connectivity index (χ3n) is 3.74. The number of nitro benzene ring substituents is 1. The molecule has 1 saturated carbocycles. The summed E-state index contributed by atoms with van der Waals surface area (Å²) in [5.74, 6) is 0. The molecule has 0 unspecified atom stereocenters. The van der Waals surface area contributed by atoms with Gasteiger partial charge in [-0.2, -0.15) is 5.10 Å². The van der Waals surface area contributed by atoms with Gasteiger partial charge in [0.05, 0.1) is 10.6 Å². The van der Waals surface area contributed by atoms with Crippen molar-refractivity contribution < 1.29 is 4.92 Å². The minimum absolute atomic E-state index is 0.138. The first-order chi connectivity index (χ1) is 10.0. The van der Waals surface area contributed by atoms with E-state index in [4.69, 9.17) is 0 Å². The normalized spacial score (nSPS) is 14.4. The lowest BCUT2D eigenvalue weighted by Gasteiger charge is -2.05. The molecular weight excluding hydrogens is 268 g/mol. The maximum Gasteiger partial charge on any atom is 0.272 e. The standard InChI is InChI=1S/C15H18N4O2/c1-10-3-4-11(7-14(10)19(20)21)15-12(9-18(2)17-15)8-16-13-5-6-13/h3-4,7,9,13,16H,5-6,8H2,1-2H3. The van der Waals surface area contributed by atoms with Crippen molar-refractivity contribution in [3.05, 3.63) is 45.6 Å². The molecule has 6 heteroatoms. The zero-order chi connectivity index (χ0) is 15.0. The summed E-state index contributed by atoms with van der Waals surface area (Å²) in [5.41, 5.74) is 3.48. The van der Waals surface area contributed by atoms with Gasteiger partial charge in [-0.3, -0.25) is 14.8 Å². The summed E-state index contributed by atoms with van der Waals surface area (Å²) < 4.78 is 1.75. The quantitative estimate of drug-likeness (QED) is 0.677. The van der Waals surface area contributed by atoms with Crippen molar-refractivity contribution >= 4 is 5.69 Å². The topological polar surface area (TPSA) is 73.0 Å². The highest BCUT2D eigenvalue weighted by Gasteiger charge is 2.22. The van der Waals surface area contributed by atoms with Crippen LogP contribution in [-0.2, 0) is 13.6 Å². The van der Waals surface area contributed by atoms with Crippen molar-refractivity contribution in [1.82, 2.24) is 15.1 Å². The lowest BCUT2D eigenvalue weighted by molar-refractivity contribution is -0.385. The third-order valence-corrected chi connectivity index (χ3v) is 3.74. The van der Waals surface area contributed by atoms with Gasteiger partial charge in [-0.15, -0.1) is 0 Å². The molecule has 1 heterocycles. The second-order valence-electron chi connectivity index (χ2n) is 5.59. The lowest BCUT2D eigenvalue weighted by atomic mass is 10.0. The van der Waals surface area contributed by atoms with Crippen LogP contribution in [0.2, 0.25) is 0 Å². The smallest absolute Gasteiger partial charge is 0.272 e. The second kappa shape index (κ2) is 5.29. The molecule has 0 amide bonds. The zero-order valence-electron chi connectivity index (χ0n) is 12.2. The average Bonchev–Trinajstić information content (AvgIpc) is 3.19. The molecule has 2 aromatic rings. The van der Waals surface area contributed by atoms with E-state index in [0.29, 0.717) is 11.6 Å². The summed E-state index contributed by atoms with van der Waals surface area (Å²) in [6.45, 7) is 2.49. The van der Waals surface area contributed by atoms with Crippen LogP contribution in [-0.4, -0.2) is 20.7 Å². The van der Waals surface area contributed by atoms with E-state index in [2.05, 4.69) is 10.4 Å². The highest BCUT2D eigenvalue weighted by molar-refractivity contribution is 5.66. The van der Waals surface area contributed by atoms with E-state index in [9.17, 15) is 10.1 Å². The van der Waals surface area contributed by atoms with Crippen LogP contribution in [0.25, 0.3) is 11.3 Å². The SMILES string of the molecule is Cc1ccc(-c2nn(C)cc2CNC2CC2)cc1[N+](=O)[O-]. The van der Waals surface area contributed by atoms with Gasteiger partial charge in [-0.1, -0.05) is 12.1 Å². The summed E-state index contributed by atoms with van der Waals surface area (Å²) in [6, 6.07) is 5.90. The number of nitrogens with zero attached hydrogens (tertiary/aromatic N) is 3. The Bertz CT molecular complexity index is 689. The number of nitrogens with one attached hydrogen (secondary N) is 1. The Morgan fingerprint density at radius 2 is 2.24 bits per heavy atom. The predicted octanol–water partition coefficient (Wildman–Crippen LogP) is 2.56. The number of hydrogen-bond donors (Lipinski definition) is 1. The van der Waals surface area contributed by atoms with E-state index in [1.807, 2.05) is 19.3 Å². The summed E-state index contributed by atoms with van der Waals surface area (Å²) in [4.78, 5) is 10.7. The van der Waals surface area contributed by atoms with Gasteiger partial charge >= 0.3 is 0 Å². The number of nitro groups is 1. The maximum absolute atomic E-state index is 11.1. The fourth-order valence-electron chi connectivity index (χ4n) is 2.41. The van der Waals surface area contributed by atoms with E-state index in [0.717, 1.165) is 23.4 Å². The first-order valence-corrected chi connectivity index (χ1v) is 7.06. The number of aromatic nitrogens is 2. The molecule has 3 rings (SSSR count). The van der Waals surface area contributed by atoms with Gasteiger partial charge in [-0.25, -0.2) is 0 Å². The molecule has 0 saturated heterocycles. The highest BCUT2D eigenvalue weighted by Crippen LogP contribution is 2.28. The average molecular weight is 286 g/mol. The van der Waals surface area contributed by atoms with Crippen molar-refractivity contribution in [3.8, 4) is 11.3 Å². The summed E-state index contributed by atoms with van der Waals surface area (Å²) >= 11 is 0. The Hall–Kier alpha value is -2.21. The number of hydrogen-bond acceptors (Lipinski definition) is 4. The molecule has 1 aliphatic carbocycles. The van der Waals surface area contributed by atoms with Crippen molar-refractivity contribution in [2.45, 2.75) is 32.4 Å². The summed E-state index contributed by atoms with van der Waals surface area (Å²) in [6.07, 6.45) is 4.42. The molecule has 21 heavy (non-hydrogen) atoms. The molecule has 1 aromatic heterocycles. The Kier molecular flexibility index (Phi) is 3.47.